The lowest BCUT2D eigenvalue weighted by Crippen LogP contribution is -2.41. The fourth-order valence-corrected chi connectivity index (χ4v) is 11.2. The molecule has 0 saturated heterocycles. The van der Waals surface area contributed by atoms with Gasteiger partial charge in [0.25, 0.3) is 0 Å². The maximum absolute atomic E-state index is 15.1. The first kappa shape index (κ1) is 31.5. The molecule has 0 amide bonds. The highest BCUT2D eigenvalue weighted by atomic mass is 31.2. The van der Waals surface area contributed by atoms with Crippen molar-refractivity contribution in [3.8, 4) is 0 Å². The molecule has 7 heteroatoms. The Morgan fingerprint density at radius 2 is 0.587 bits per heavy atom. The molecule has 0 heterocycles. The Bertz CT molecular complexity index is 1780. The smallest absolute Gasteiger partial charge is 0.309 e. The van der Waals surface area contributed by atoms with Gasteiger partial charge in [-0.2, -0.15) is 13.2 Å². The molecule has 0 fully saturated rings. The molecular weight excluding hydrogens is 619 g/mol. The molecule has 0 atom stereocenters. The van der Waals surface area contributed by atoms with Crippen LogP contribution in [0.15, 0.2) is 170 Å². The van der Waals surface area contributed by atoms with Crippen molar-refractivity contribution in [3.63, 3.8) is 0 Å². The van der Waals surface area contributed by atoms with Gasteiger partial charge in [0, 0.05) is 31.8 Å². The number of rotatable bonds is 8. The highest BCUT2D eigenvalue weighted by Crippen LogP contribution is 2.48. The van der Waals surface area contributed by atoms with Crippen LogP contribution in [0.5, 0.6) is 0 Å². The first-order valence-electron chi connectivity index (χ1n) is 14.8. The third-order valence-corrected chi connectivity index (χ3v) is 14.8. The van der Waals surface area contributed by atoms with Gasteiger partial charge in [-0.3, -0.25) is 0 Å². The normalized spacial score (nSPS) is 12.5. The van der Waals surface area contributed by atoms with Gasteiger partial charge >= 0.3 is 6.18 Å². The van der Waals surface area contributed by atoms with E-state index in [9.17, 15) is 9.13 Å². The Morgan fingerprint density at radius 3 is 0.804 bits per heavy atom. The molecule has 0 saturated carbocycles. The van der Waals surface area contributed by atoms with Crippen molar-refractivity contribution in [2.24, 2.45) is 0 Å². The quantitative estimate of drug-likeness (QED) is 0.158. The van der Waals surface area contributed by atoms with Crippen molar-refractivity contribution in [1.29, 1.82) is 0 Å². The number of alkyl halides is 3. The maximum atomic E-state index is 15.1. The second-order valence-corrected chi connectivity index (χ2v) is 16.8. The molecular formula is C39H31F3O2P2. The Hall–Kier alpha value is -4.43. The fraction of sp³-hybridized carbons (Fsp3) is 0.0769. The zero-order valence-corrected chi connectivity index (χ0v) is 26.8. The van der Waals surface area contributed by atoms with Crippen molar-refractivity contribution in [2.45, 2.75) is 18.5 Å². The summed E-state index contributed by atoms with van der Waals surface area (Å²) in [6, 6.07) is 47.9. The summed E-state index contributed by atoms with van der Waals surface area (Å²) >= 11 is 0. The predicted molar refractivity (Wildman–Crippen MR) is 184 cm³/mol. The molecule has 6 rings (SSSR count). The lowest BCUT2D eigenvalue weighted by molar-refractivity contribution is -0.173. The van der Waals surface area contributed by atoms with Crippen LogP contribution in [0.1, 0.15) is 18.1 Å². The van der Waals surface area contributed by atoms with Crippen LogP contribution in [0.2, 0.25) is 0 Å². The number of benzene rings is 6. The van der Waals surface area contributed by atoms with Gasteiger partial charge in [-0.1, -0.05) is 170 Å². The standard InChI is InChI=1S/C39H31F3O2P2/c1-38(39(40,41)42,30-22-26-36(27-23-30)45(43,32-14-6-2-7-15-32)33-16-8-3-9-17-33)31-24-28-37(29-25-31)46(44,34-18-10-4-11-19-34)35-20-12-5-13-21-35/h2-29H,1H3. The predicted octanol–water partition coefficient (Wildman–Crippen LogP) is 7.83. The molecule has 46 heavy (non-hydrogen) atoms. The number of halogens is 3. The molecule has 0 aliphatic carbocycles. The molecule has 0 N–H and O–H groups in total. The van der Waals surface area contributed by atoms with Gasteiger partial charge in [0.1, 0.15) is 5.41 Å². The summed E-state index contributed by atoms with van der Waals surface area (Å²) in [6.45, 7) is 1.15. The van der Waals surface area contributed by atoms with Gasteiger partial charge in [0.15, 0.2) is 14.3 Å². The molecule has 6 aromatic carbocycles. The Morgan fingerprint density at radius 1 is 0.370 bits per heavy atom. The fourth-order valence-electron chi connectivity index (χ4n) is 5.95. The average molecular weight is 651 g/mol. The monoisotopic (exact) mass is 650 g/mol. The molecule has 230 valence electrons. The summed E-state index contributed by atoms with van der Waals surface area (Å²) in [4.78, 5) is 0. The zero-order valence-electron chi connectivity index (χ0n) is 25.0. The highest BCUT2D eigenvalue weighted by Gasteiger charge is 2.53. The highest BCUT2D eigenvalue weighted by molar-refractivity contribution is 7.85. The van der Waals surface area contributed by atoms with Crippen molar-refractivity contribution in [2.75, 3.05) is 0 Å². The van der Waals surface area contributed by atoms with Gasteiger partial charge in [-0.15, -0.1) is 0 Å². The molecule has 2 nitrogen and oxygen atoms in total. The molecule has 6 aromatic rings. The summed E-state index contributed by atoms with van der Waals surface area (Å²) in [5.74, 6) is 0. The van der Waals surface area contributed by atoms with Crippen molar-refractivity contribution in [1.82, 2.24) is 0 Å². The molecule has 0 spiro atoms. The lowest BCUT2D eigenvalue weighted by atomic mass is 9.75. The lowest BCUT2D eigenvalue weighted by Gasteiger charge is -2.34. The topological polar surface area (TPSA) is 34.1 Å². The summed E-state index contributed by atoms with van der Waals surface area (Å²) in [5.41, 5.74) is -2.37. The second-order valence-electron chi connectivity index (χ2n) is 11.3. The Kier molecular flexibility index (Phi) is 8.51. The van der Waals surface area contributed by atoms with E-state index >= 15 is 13.2 Å². The minimum atomic E-state index is -4.67. The van der Waals surface area contributed by atoms with E-state index in [1.54, 1.807) is 121 Å². The van der Waals surface area contributed by atoms with Crippen molar-refractivity contribution < 1.29 is 22.3 Å². The van der Waals surface area contributed by atoms with Crippen molar-refractivity contribution >= 4 is 46.1 Å². The first-order chi connectivity index (χ1) is 22.1. The maximum Gasteiger partial charge on any atom is 0.402 e. The SMILES string of the molecule is CC(c1ccc(P(=O)(c2ccccc2)c2ccccc2)cc1)(c1ccc(P(=O)(c2ccccc2)c2ccccc2)cc1)C(F)(F)F. The average Bonchev–Trinajstić information content (AvgIpc) is 3.11. The molecule has 0 radical (unpaired) electrons. The van der Waals surface area contributed by atoms with Crippen LogP contribution in [-0.2, 0) is 14.5 Å². The van der Waals surface area contributed by atoms with E-state index in [0.717, 1.165) is 6.92 Å². The first-order valence-corrected chi connectivity index (χ1v) is 18.2. The summed E-state index contributed by atoms with van der Waals surface area (Å²) in [7, 11) is -6.71. The third kappa shape index (κ3) is 5.38. The Balaban J connectivity index is 1.44. The second kappa shape index (κ2) is 12.4. The van der Waals surface area contributed by atoms with Gasteiger partial charge in [-0.25, -0.2) is 0 Å². The zero-order chi connectivity index (χ0) is 32.4. The van der Waals surface area contributed by atoms with Crippen LogP contribution in [-0.4, -0.2) is 6.18 Å². The van der Waals surface area contributed by atoms with E-state index in [0.29, 0.717) is 31.8 Å². The molecule has 0 aliphatic heterocycles. The minimum Gasteiger partial charge on any atom is -0.309 e. The van der Waals surface area contributed by atoms with E-state index in [1.165, 1.54) is 24.3 Å². The summed E-state index contributed by atoms with van der Waals surface area (Å²) in [6.07, 6.45) is -4.67. The number of hydrogen-bond donors (Lipinski definition) is 0. The minimum absolute atomic E-state index is 0.0125. The summed E-state index contributed by atoms with van der Waals surface area (Å²) in [5, 5.41) is 3.29. The van der Waals surface area contributed by atoms with Crippen LogP contribution in [0.4, 0.5) is 13.2 Å². The molecule has 0 bridgehead atoms. The van der Waals surface area contributed by atoms with Gasteiger partial charge in [0.05, 0.1) is 0 Å². The van der Waals surface area contributed by atoms with E-state index < -0.39 is 25.9 Å². The van der Waals surface area contributed by atoms with Crippen LogP contribution in [0, 0.1) is 0 Å². The van der Waals surface area contributed by atoms with Crippen LogP contribution in [0.25, 0.3) is 0 Å². The van der Waals surface area contributed by atoms with Crippen LogP contribution < -0.4 is 31.8 Å². The third-order valence-electron chi connectivity index (χ3n) is 8.66. The van der Waals surface area contributed by atoms with E-state index in [-0.39, 0.29) is 11.1 Å². The Labute approximate surface area is 267 Å². The van der Waals surface area contributed by atoms with Gasteiger partial charge in [0.2, 0.25) is 0 Å². The van der Waals surface area contributed by atoms with Crippen molar-refractivity contribution in [3.05, 3.63) is 181 Å². The summed E-state index contributed by atoms with van der Waals surface area (Å²) < 4.78 is 74.8. The van der Waals surface area contributed by atoms with E-state index in [4.69, 9.17) is 0 Å². The van der Waals surface area contributed by atoms with Crippen LogP contribution >= 0.6 is 14.3 Å². The van der Waals surface area contributed by atoms with E-state index in [1.807, 2.05) is 24.3 Å². The van der Waals surface area contributed by atoms with E-state index in [2.05, 4.69) is 0 Å². The molecule has 0 aliphatic rings. The molecule has 0 unspecified atom stereocenters. The number of hydrogen-bond acceptors (Lipinski definition) is 2. The largest absolute Gasteiger partial charge is 0.402 e. The molecule has 0 aromatic heterocycles. The van der Waals surface area contributed by atoms with Crippen LogP contribution in [0.3, 0.4) is 0 Å². The van der Waals surface area contributed by atoms with Gasteiger partial charge < -0.3 is 9.13 Å². The van der Waals surface area contributed by atoms with Gasteiger partial charge in [-0.05, 0) is 18.1 Å².